The maximum absolute atomic E-state index is 12.8. The number of carbonyl (C=O) groups excluding carboxylic acids is 1. The number of hydrogen-bond donors (Lipinski definition) is 3. The Hall–Kier alpha value is -3.87. The zero-order valence-corrected chi connectivity index (χ0v) is 14.6. The molecule has 7 heteroatoms. The molecule has 0 spiro atoms. The van der Waals surface area contributed by atoms with Crippen molar-refractivity contribution in [3.63, 3.8) is 0 Å². The second-order valence-electron chi connectivity index (χ2n) is 6.24. The number of amides is 1. The first-order valence-electron chi connectivity index (χ1n) is 8.27. The molecule has 0 fully saturated rings. The lowest BCUT2D eigenvalue weighted by Crippen LogP contribution is -2.15. The Labute approximate surface area is 155 Å². The molecular weight excluding hydrogens is 342 g/mol. The van der Waals surface area contributed by atoms with Gasteiger partial charge in [0.2, 0.25) is 0 Å². The molecule has 1 amide bonds. The molecule has 7 nitrogen and oxygen atoms in total. The zero-order valence-electron chi connectivity index (χ0n) is 14.6. The first kappa shape index (κ1) is 16.6. The van der Waals surface area contributed by atoms with Crippen LogP contribution < -0.4 is 11.1 Å². The van der Waals surface area contributed by atoms with Crippen molar-refractivity contribution in [3.05, 3.63) is 83.8 Å². The van der Waals surface area contributed by atoms with Gasteiger partial charge in [-0.2, -0.15) is 0 Å². The fraction of sp³-hybridized carbons (Fsp3) is 0.0500. The lowest BCUT2D eigenvalue weighted by atomic mass is 10.0. The van der Waals surface area contributed by atoms with Gasteiger partial charge in [-0.1, -0.05) is 0 Å². The topological polar surface area (TPSA) is 109 Å². The molecule has 27 heavy (non-hydrogen) atoms. The van der Waals surface area contributed by atoms with E-state index < -0.39 is 0 Å². The number of aryl methyl sites for hydroxylation is 1. The van der Waals surface area contributed by atoms with Crippen LogP contribution in [0.3, 0.4) is 0 Å². The van der Waals surface area contributed by atoms with Crippen molar-refractivity contribution in [2.24, 2.45) is 0 Å². The van der Waals surface area contributed by atoms with Gasteiger partial charge in [0.25, 0.3) is 5.91 Å². The predicted molar refractivity (Wildman–Crippen MR) is 103 cm³/mol. The van der Waals surface area contributed by atoms with E-state index in [0.29, 0.717) is 28.1 Å². The molecule has 3 heterocycles. The molecule has 0 aliphatic heterocycles. The van der Waals surface area contributed by atoms with E-state index in [0.717, 1.165) is 11.1 Å². The van der Waals surface area contributed by atoms with E-state index in [2.05, 4.69) is 10.3 Å². The quantitative estimate of drug-likeness (QED) is 0.383. The Bertz CT molecular complexity index is 1160. The second-order valence-corrected chi connectivity index (χ2v) is 6.24. The first-order valence-corrected chi connectivity index (χ1v) is 8.27. The van der Waals surface area contributed by atoms with Crippen LogP contribution in [-0.4, -0.2) is 21.0 Å². The van der Waals surface area contributed by atoms with Gasteiger partial charge >= 0.3 is 0 Å². The SMILES string of the molecule is Cc1cn2cncc2cc1C(=O)Nc1ccc(N)c(C(=N)c2ccoc2)c1. The smallest absolute Gasteiger partial charge is 0.256 e. The molecule has 4 rings (SSSR count). The molecule has 134 valence electrons. The highest BCUT2D eigenvalue weighted by Crippen LogP contribution is 2.22. The molecule has 0 atom stereocenters. The molecule has 4 aromatic rings. The standard InChI is InChI=1S/C20H17N5O2/c1-12-9-25-11-23-8-15(25)7-16(12)20(26)24-14-2-3-18(21)17(6-14)19(22)13-4-5-27-10-13/h2-11,22H,21H2,1H3,(H,24,26). The summed E-state index contributed by atoms with van der Waals surface area (Å²) in [5, 5.41) is 11.2. The summed E-state index contributed by atoms with van der Waals surface area (Å²) in [5.74, 6) is -0.234. The van der Waals surface area contributed by atoms with Gasteiger partial charge in [-0.05, 0) is 42.8 Å². The molecule has 0 bridgehead atoms. The van der Waals surface area contributed by atoms with Crippen LogP contribution in [0.4, 0.5) is 11.4 Å². The molecule has 0 aliphatic rings. The molecule has 0 saturated heterocycles. The normalized spacial score (nSPS) is 10.9. The third-order valence-corrected chi connectivity index (χ3v) is 4.38. The average Bonchev–Trinajstić information content (AvgIpc) is 3.33. The minimum Gasteiger partial charge on any atom is -0.472 e. The average molecular weight is 359 g/mol. The van der Waals surface area contributed by atoms with E-state index in [1.54, 1.807) is 42.9 Å². The van der Waals surface area contributed by atoms with E-state index in [1.807, 2.05) is 17.5 Å². The van der Waals surface area contributed by atoms with Crippen LogP contribution in [0.1, 0.15) is 27.0 Å². The Morgan fingerprint density at radius 3 is 2.89 bits per heavy atom. The number of nitrogens with zero attached hydrogens (tertiary/aromatic N) is 2. The van der Waals surface area contributed by atoms with E-state index in [4.69, 9.17) is 15.6 Å². The van der Waals surface area contributed by atoms with Gasteiger partial charge < -0.3 is 19.9 Å². The van der Waals surface area contributed by atoms with Crippen molar-refractivity contribution in [2.45, 2.75) is 6.92 Å². The summed E-state index contributed by atoms with van der Waals surface area (Å²) in [6, 6.07) is 8.56. The number of fused-ring (bicyclic) bond motifs is 1. The van der Waals surface area contributed by atoms with E-state index in [-0.39, 0.29) is 11.6 Å². The summed E-state index contributed by atoms with van der Waals surface area (Å²) in [6.07, 6.45) is 8.24. The fourth-order valence-corrected chi connectivity index (χ4v) is 2.93. The Kier molecular flexibility index (Phi) is 3.97. The number of furan rings is 1. The number of nitrogens with one attached hydrogen (secondary N) is 2. The van der Waals surface area contributed by atoms with Crippen molar-refractivity contribution in [1.82, 2.24) is 9.38 Å². The number of hydrogen-bond acceptors (Lipinski definition) is 5. The number of benzene rings is 1. The number of nitrogen functional groups attached to an aromatic ring is 1. The first-order chi connectivity index (χ1) is 13.0. The minimum atomic E-state index is -0.234. The van der Waals surface area contributed by atoms with Gasteiger partial charge in [-0.25, -0.2) is 4.98 Å². The lowest BCUT2D eigenvalue weighted by molar-refractivity contribution is 0.102. The summed E-state index contributed by atoms with van der Waals surface area (Å²) in [4.78, 5) is 16.8. The largest absolute Gasteiger partial charge is 0.472 e. The van der Waals surface area contributed by atoms with Crippen LogP contribution in [0.5, 0.6) is 0 Å². The van der Waals surface area contributed by atoms with Crippen LogP contribution in [0.15, 0.2) is 66.0 Å². The van der Waals surface area contributed by atoms with Gasteiger partial charge in [-0.3, -0.25) is 10.2 Å². The highest BCUT2D eigenvalue weighted by atomic mass is 16.3. The monoisotopic (exact) mass is 359 g/mol. The van der Waals surface area contributed by atoms with Gasteiger partial charge in [0.1, 0.15) is 0 Å². The molecule has 3 aromatic heterocycles. The van der Waals surface area contributed by atoms with Crippen molar-refractivity contribution >= 4 is 28.5 Å². The van der Waals surface area contributed by atoms with Crippen molar-refractivity contribution in [3.8, 4) is 0 Å². The Balaban J connectivity index is 1.64. The molecular formula is C20H17N5O2. The molecule has 4 N–H and O–H groups in total. The number of carbonyl (C=O) groups is 1. The highest BCUT2D eigenvalue weighted by molar-refractivity contribution is 6.14. The summed E-state index contributed by atoms with van der Waals surface area (Å²) in [6.45, 7) is 1.87. The summed E-state index contributed by atoms with van der Waals surface area (Å²) in [7, 11) is 0. The third-order valence-electron chi connectivity index (χ3n) is 4.38. The predicted octanol–water partition coefficient (Wildman–Crippen LogP) is 3.49. The summed E-state index contributed by atoms with van der Waals surface area (Å²) in [5.41, 5.74) is 10.6. The van der Waals surface area contributed by atoms with E-state index in [9.17, 15) is 4.79 Å². The van der Waals surface area contributed by atoms with Gasteiger partial charge in [0.15, 0.2) is 0 Å². The zero-order chi connectivity index (χ0) is 19.0. The lowest BCUT2D eigenvalue weighted by Gasteiger charge is -2.12. The highest BCUT2D eigenvalue weighted by Gasteiger charge is 2.14. The van der Waals surface area contributed by atoms with Gasteiger partial charge in [-0.15, -0.1) is 0 Å². The van der Waals surface area contributed by atoms with Gasteiger partial charge in [0, 0.05) is 34.3 Å². The van der Waals surface area contributed by atoms with Crippen LogP contribution >= 0.6 is 0 Å². The third kappa shape index (κ3) is 3.06. The van der Waals surface area contributed by atoms with E-state index in [1.165, 1.54) is 12.5 Å². The Morgan fingerprint density at radius 2 is 2.11 bits per heavy atom. The van der Waals surface area contributed by atoms with Crippen molar-refractivity contribution in [2.75, 3.05) is 11.1 Å². The second kappa shape index (κ2) is 6.45. The number of aromatic nitrogens is 2. The maximum atomic E-state index is 12.8. The van der Waals surface area contributed by atoms with Crippen molar-refractivity contribution < 1.29 is 9.21 Å². The number of pyridine rings is 1. The molecule has 1 aromatic carbocycles. The Morgan fingerprint density at radius 1 is 1.26 bits per heavy atom. The number of anilines is 2. The van der Waals surface area contributed by atoms with Crippen molar-refractivity contribution in [1.29, 1.82) is 5.41 Å². The summed E-state index contributed by atoms with van der Waals surface area (Å²) < 4.78 is 6.89. The minimum absolute atomic E-state index is 0.231. The number of imidazole rings is 1. The molecule has 0 saturated carbocycles. The van der Waals surface area contributed by atoms with Gasteiger partial charge in [0.05, 0.1) is 36.3 Å². The van der Waals surface area contributed by atoms with Crippen LogP contribution in [-0.2, 0) is 0 Å². The van der Waals surface area contributed by atoms with E-state index >= 15 is 0 Å². The molecule has 0 aliphatic carbocycles. The number of rotatable bonds is 4. The van der Waals surface area contributed by atoms with Crippen LogP contribution in [0, 0.1) is 12.3 Å². The van der Waals surface area contributed by atoms with Crippen LogP contribution in [0.25, 0.3) is 5.52 Å². The molecule has 0 unspecified atom stereocenters. The maximum Gasteiger partial charge on any atom is 0.256 e. The fourth-order valence-electron chi connectivity index (χ4n) is 2.93. The number of nitrogens with two attached hydrogens (primary N) is 1. The molecule has 0 radical (unpaired) electrons. The van der Waals surface area contributed by atoms with Crippen LogP contribution in [0.2, 0.25) is 0 Å². The summed E-state index contributed by atoms with van der Waals surface area (Å²) >= 11 is 0.